The van der Waals surface area contributed by atoms with Gasteiger partial charge in [-0.3, -0.25) is 0 Å². The van der Waals surface area contributed by atoms with Crippen molar-refractivity contribution in [3.8, 4) is 11.5 Å². The van der Waals surface area contributed by atoms with Gasteiger partial charge in [0.15, 0.2) is 11.5 Å². The van der Waals surface area contributed by atoms with Crippen molar-refractivity contribution >= 4 is 6.09 Å². The molecule has 6 nitrogen and oxygen atoms in total. The Balaban J connectivity index is 2.52. The Morgan fingerprint density at radius 3 is 2.33 bits per heavy atom. The number of hydrogen-bond donors (Lipinski definition) is 2. The van der Waals surface area contributed by atoms with Gasteiger partial charge in [0.05, 0.1) is 14.2 Å². The molecule has 1 amide bonds. The van der Waals surface area contributed by atoms with E-state index in [0.717, 1.165) is 12.0 Å². The molecule has 0 saturated heterocycles. The van der Waals surface area contributed by atoms with Crippen LogP contribution in [0.4, 0.5) is 4.79 Å². The summed E-state index contributed by atoms with van der Waals surface area (Å²) < 4.78 is 15.8. The molecule has 1 aromatic carbocycles. The molecule has 24 heavy (non-hydrogen) atoms. The minimum absolute atomic E-state index is 0.172. The number of ether oxygens (including phenoxy) is 3. The van der Waals surface area contributed by atoms with Gasteiger partial charge in [-0.05, 0) is 44.9 Å². The lowest BCUT2D eigenvalue weighted by molar-refractivity contribution is 0.0528. The minimum Gasteiger partial charge on any atom is -0.493 e. The molecule has 0 saturated carbocycles. The van der Waals surface area contributed by atoms with Crippen molar-refractivity contribution in [2.45, 2.75) is 45.8 Å². The third-order valence-corrected chi connectivity index (χ3v) is 3.40. The molecule has 6 heteroatoms. The number of carbonyl (C=O) groups is 1. The first-order chi connectivity index (χ1) is 11.3. The lowest BCUT2D eigenvalue weighted by Gasteiger charge is -2.21. The second-order valence-corrected chi connectivity index (χ2v) is 6.46. The molecular formula is C18H30N2O4. The number of amides is 1. The average molecular weight is 338 g/mol. The number of benzene rings is 1. The van der Waals surface area contributed by atoms with Crippen LogP contribution in [0.5, 0.6) is 11.5 Å². The first-order valence-corrected chi connectivity index (χ1v) is 8.22. The molecular weight excluding hydrogens is 308 g/mol. The average Bonchev–Trinajstić information content (AvgIpc) is 2.52. The van der Waals surface area contributed by atoms with Crippen LogP contribution in [-0.2, 0) is 4.74 Å². The van der Waals surface area contributed by atoms with Crippen molar-refractivity contribution in [1.82, 2.24) is 10.6 Å². The summed E-state index contributed by atoms with van der Waals surface area (Å²) in [6.45, 7) is 8.78. The highest BCUT2D eigenvalue weighted by Crippen LogP contribution is 2.30. The van der Waals surface area contributed by atoms with Gasteiger partial charge in [0.2, 0.25) is 0 Å². The molecule has 0 heterocycles. The van der Waals surface area contributed by atoms with Crippen molar-refractivity contribution < 1.29 is 19.0 Å². The largest absolute Gasteiger partial charge is 0.493 e. The number of hydrogen-bond acceptors (Lipinski definition) is 5. The Bertz CT molecular complexity index is 526. The van der Waals surface area contributed by atoms with Gasteiger partial charge in [-0.1, -0.05) is 13.0 Å². The van der Waals surface area contributed by atoms with E-state index in [1.54, 1.807) is 14.2 Å². The maximum absolute atomic E-state index is 11.6. The minimum atomic E-state index is -0.483. The summed E-state index contributed by atoms with van der Waals surface area (Å²) in [7, 11) is 3.25. The van der Waals surface area contributed by atoms with E-state index in [-0.39, 0.29) is 6.04 Å². The molecule has 0 aliphatic carbocycles. The SMILES string of the molecule is CCC(NCCNC(=O)OC(C)(C)C)c1ccc(OC)c(OC)c1. The highest BCUT2D eigenvalue weighted by molar-refractivity contribution is 5.67. The molecule has 0 fully saturated rings. The van der Waals surface area contributed by atoms with Gasteiger partial charge in [0.25, 0.3) is 0 Å². The Morgan fingerprint density at radius 1 is 1.12 bits per heavy atom. The summed E-state index contributed by atoms with van der Waals surface area (Å²) in [6, 6.07) is 6.06. The summed E-state index contributed by atoms with van der Waals surface area (Å²) in [5.41, 5.74) is 0.635. The lowest BCUT2D eigenvalue weighted by atomic mass is 10.0. The van der Waals surface area contributed by atoms with Crippen LogP contribution in [0.15, 0.2) is 18.2 Å². The fraction of sp³-hybridized carbons (Fsp3) is 0.611. The summed E-state index contributed by atoms with van der Waals surface area (Å²) in [4.78, 5) is 11.6. The van der Waals surface area contributed by atoms with Crippen LogP contribution >= 0.6 is 0 Å². The molecule has 1 unspecified atom stereocenters. The monoisotopic (exact) mass is 338 g/mol. The third-order valence-electron chi connectivity index (χ3n) is 3.40. The van der Waals surface area contributed by atoms with Crippen LogP contribution in [0.3, 0.4) is 0 Å². The van der Waals surface area contributed by atoms with Gasteiger partial charge in [0.1, 0.15) is 5.60 Å². The molecule has 0 aliphatic heterocycles. The van der Waals surface area contributed by atoms with Crippen molar-refractivity contribution in [1.29, 1.82) is 0 Å². The van der Waals surface area contributed by atoms with E-state index in [0.29, 0.717) is 24.6 Å². The molecule has 0 bridgehead atoms. The Hall–Kier alpha value is -1.95. The van der Waals surface area contributed by atoms with Gasteiger partial charge >= 0.3 is 6.09 Å². The highest BCUT2D eigenvalue weighted by Gasteiger charge is 2.16. The van der Waals surface area contributed by atoms with Crippen LogP contribution in [0.2, 0.25) is 0 Å². The molecule has 1 aromatic rings. The van der Waals surface area contributed by atoms with Gasteiger partial charge in [-0.25, -0.2) is 4.79 Å². The van der Waals surface area contributed by atoms with Gasteiger partial charge < -0.3 is 24.8 Å². The van der Waals surface area contributed by atoms with E-state index in [9.17, 15) is 4.79 Å². The van der Waals surface area contributed by atoms with E-state index >= 15 is 0 Å². The number of alkyl carbamates (subject to hydrolysis) is 1. The second-order valence-electron chi connectivity index (χ2n) is 6.46. The van der Waals surface area contributed by atoms with Gasteiger partial charge in [0, 0.05) is 19.1 Å². The first-order valence-electron chi connectivity index (χ1n) is 8.22. The predicted octanol–water partition coefficient (Wildman–Crippen LogP) is 3.27. The van der Waals surface area contributed by atoms with E-state index in [1.165, 1.54) is 0 Å². The zero-order valence-electron chi connectivity index (χ0n) is 15.6. The van der Waals surface area contributed by atoms with Crippen molar-refractivity contribution in [3.05, 3.63) is 23.8 Å². The summed E-state index contributed by atoms with van der Waals surface area (Å²) in [5.74, 6) is 1.42. The number of nitrogens with one attached hydrogen (secondary N) is 2. The summed E-state index contributed by atoms with van der Waals surface area (Å²) >= 11 is 0. The van der Waals surface area contributed by atoms with Gasteiger partial charge in [-0.2, -0.15) is 0 Å². The molecule has 136 valence electrons. The normalized spacial score (nSPS) is 12.4. The summed E-state index contributed by atoms with van der Waals surface area (Å²) in [5, 5.41) is 6.17. The number of carbonyl (C=O) groups excluding carboxylic acids is 1. The van der Waals surface area contributed by atoms with Crippen LogP contribution in [0.25, 0.3) is 0 Å². The first kappa shape index (κ1) is 20.1. The highest BCUT2D eigenvalue weighted by atomic mass is 16.6. The number of rotatable bonds is 8. The molecule has 1 atom stereocenters. The van der Waals surface area contributed by atoms with Gasteiger partial charge in [-0.15, -0.1) is 0 Å². The molecule has 0 spiro atoms. The Morgan fingerprint density at radius 2 is 1.79 bits per heavy atom. The standard InChI is InChI=1S/C18H30N2O4/c1-7-14(13-8-9-15(22-5)16(12-13)23-6)19-10-11-20-17(21)24-18(2,3)4/h8-9,12,14,19H,7,10-11H2,1-6H3,(H,20,21). The van der Waals surface area contributed by atoms with E-state index < -0.39 is 11.7 Å². The maximum Gasteiger partial charge on any atom is 0.407 e. The maximum atomic E-state index is 11.6. The predicted molar refractivity (Wildman–Crippen MR) is 94.8 cm³/mol. The van der Waals surface area contributed by atoms with E-state index in [1.807, 2.05) is 39.0 Å². The van der Waals surface area contributed by atoms with E-state index in [4.69, 9.17) is 14.2 Å². The van der Waals surface area contributed by atoms with Crippen LogP contribution < -0.4 is 20.1 Å². The zero-order valence-corrected chi connectivity index (χ0v) is 15.6. The topological polar surface area (TPSA) is 68.8 Å². The Labute approximate surface area is 144 Å². The van der Waals surface area contributed by atoms with Crippen LogP contribution in [0.1, 0.15) is 45.7 Å². The summed E-state index contributed by atoms with van der Waals surface area (Å²) in [6.07, 6.45) is 0.519. The second kappa shape index (κ2) is 9.37. The molecule has 0 aliphatic rings. The van der Waals surface area contributed by atoms with E-state index in [2.05, 4.69) is 17.6 Å². The fourth-order valence-electron chi connectivity index (χ4n) is 2.29. The zero-order chi connectivity index (χ0) is 18.2. The Kier molecular flexibility index (Phi) is 7.85. The van der Waals surface area contributed by atoms with Crippen molar-refractivity contribution in [2.75, 3.05) is 27.3 Å². The quantitative estimate of drug-likeness (QED) is 0.712. The molecule has 2 N–H and O–H groups in total. The number of methoxy groups -OCH3 is 2. The smallest absolute Gasteiger partial charge is 0.407 e. The van der Waals surface area contributed by atoms with Crippen molar-refractivity contribution in [3.63, 3.8) is 0 Å². The van der Waals surface area contributed by atoms with Crippen LogP contribution in [-0.4, -0.2) is 39.0 Å². The molecule has 0 radical (unpaired) electrons. The van der Waals surface area contributed by atoms with Crippen LogP contribution in [0, 0.1) is 0 Å². The lowest BCUT2D eigenvalue weighted by Crippen LogP contribution is -2.37. The fourth-order valence-corrected chi connectivity index (χ4v) is 2.29. The van der Waals surface area contributed by atoms with Crippen molar-refractivity contribution in [2.24, 2.45) is 0 Å². The third kappa shape index (κ3) is 6.66. The molecule has 1 rings (SSSR count). The molecule has 0 aromatic heterocycles.